The topological polar surface area (TPSA) is 129 Å². The maximum Gasteiger partial charge on any atom is 0.293 e. The molecule has 31 heavy (non-hydrogen) atoms. The molecular weight excluding hydrogens is 426 g/mol. The van der Waals surface area contributed by atoms with Crippen LogP contribution in [0.25, 0.3) is 0 Å². The number of anilines is 1. The van der Waals surface area contributed by atoms with Gasteiger partial charge in [0, 0.05) is 19.2 Å². The molecule has 1 saturated heterocycles. The van der Waals surface area contributed by atoms with Gasteiger partial charge in [-0.3, -0.25) is 10.1 Å². The summed E-state index contributed by atoms with van der Waals surface area (Å²) in [6.45, 7) is 1.47. The van der Waals surface area contributed by atoms with Crippen LogP contribution < -0.4 is 19.5 Å². The van der Waals surface area contributed by atoms with Gasteiger partial charge < -0.3 is 19.5 Å². The summed E-state index contributed by atoms with van der Waals surface area (Å²) in [4.78, 5) is 10.6. The van der Waals surface area contributed by atoms with E-state index in [2.05, 4.69) is 10.0 Å². The second-order valence-corrected chi connectivity index (χ2v) is 8.81. The quantitative estimate of drug-likeness (QED) is 0.417. The Bertz CT molecular complexity index is 1040. The Kier molecular flexibility index (Phi) is 7.31. The summed E-state index contributed by atoms with van der Waals surface area (Å²) in [5.41, 5.74) is 0.681. The highest BCUT2D eigenvalue weighted by Crippen LogP contribution is 2.31. The fourth-order valence-corrected chi connectivity index (χ4v) is 3.94. The summed E-state index contributed by atoms with van der Waals surface area (Å²) in [6, 6.07) is 9.09. The molecule has 1 aliphatic heterocycles. The lowest BCUT2D eigenvalue weighted by atomic mass is 10.2. The molecule has 0 spiro atoms. The van der Waals surface area contributed by atoms with Gasteiger partial charge in [0.1, 0.15) is 12.3 Å². The van der Waals surface area contributed by atoms with Gasteiger partial charge in [-0.2, -0.15) is 0 Å². The minimum atomic E-state index is -3.79. The van der Waals surface area contributed by atoms with Crippen molar-refractivity contribution in [1.82, 2.24) is 4.72 Å². The molecule has 2 aromatic rings. The van der Waals surface area contributed by atoms with Crippen molar-refractivity contribution in [3.63, 3.8) is 0 Å². The molecule has 0 bridgehead atoms. The van der Waals surface area contributed by atoms with Crippen LogP contribution in [0.1, 0.15) is 18.4 Å². The Morgan fingerprint density at radius 2 is 2.03 bits per heavy atom. The average Bonchev–Trinajstić information content (AvgIpc) is 3.29. The van der Waals surface area contributed by atoms with E-state index in [1.807, 2.05) is 6.07 Å². The number of hydrogen-bond donors (Lipinski definition) is 2. The molecule has 168 valence electrons. The minimum Gasteiger partial charge on any atom is -0.493 e. The Balaban J connectivity index is 1.72. The zero-order valence-corrected chi connectivity index (χ0v) is 18.1. The van der Waals surface area contributed by atoms with Crippen molar-refractivity contribution in [1.29, 1.82) is 0 Å². The molecule has 2 aromatic carbocycles. The number of nitro benzene ring substituents is 1. The number of ether oxygens (including phenoxy) is 3. The van der Waals surface area contributed by atoms with Crippen molar-refractivity contribution in [2.45, 2.75) is 30.4 Å². The first-order chi connectivity index (χ1) is 14.8. The fraction of sp³-hybridized carbons (Fsp3) is 0.400. The van der Waals surface area contributed by atoms with Crippen LogP contribution in [0.15, 0.2) is 41.3 Å². The molecule has 1 fully saturated rings. The van der Waals surface area contributed by atoms with Gasteiger partial charge in [0.25, 0.3) is 5.69 Å². The maximum absolute atomic E-state index is 11.9. The van der Waals surface area contributed by atoms with Crippen LogP contribution in [0, 0.1) is 10.1 Å². The highest BCUT2D eigenvalue weighted by molar-refractivity contribution is 7.89. The van der Waals surface area contributed by atoms with Gasteiger partial charge in [-0.25, -0.2) is 13.1 Å². The van der Waals surface area contributed by atoms with Gasteiger partial charge in [-0.15, -0.1) is 0 Å². The number of nitro groups is 1. The van der Waals surface area contributed by atoms with Crippen LogP contribution in [0.5, 0.6) is 11.5 Å². The number of nitrogens with one attached hydrogen (secondary N) is 2. The second-order valence-electron chi connectivity index (χ2n) is 6.93. The van der Waals surface area contributed by atoms with Crippen LogP contribution in [0.2, 0.25) is 0 Å². The number of rotatable bonds is 10. The maximum atomic E-state index is 11.9. The molecule has 1 unspecified atom stereocenters. The van der Waals surface area contributed by atoms with E-state index in [0.29, 0.717) is 18.1 Å². The average molecular weight is 452 g/mol. The van der Waals surface area contributed by atoms with E-state index in [1.165, 1.54) is 26.3 Å². The standard InChI is InChI=1S/C20H25N3O7S/c1-21-31(26,27)16-6-7-17(18(11-16)23(24)25)22-12-14-5-8-19(20(10-14)28-2)30-13-15-4-3-9-29-15/h5-8,10-11,15,21-22H,3-4,9,12-13H2,1-2H3. The molecule has 3 rings (SSSR count). The first kappa shape index (κ1) is 22.8. The van der Waals surface area contributed by atoms with Gasteiger partial charge in [0.05, 0.1) is 23.0 Å². The normalized spacial score (nSPS) is 16.1. The van der Waals surface area contributed by atoms with Crippen molar-refractivity contribution < 1.29 is 27.6 Å². The Hall–Kier alpha value is -2.89. The smallest absolute Gasteiger partial charge is 0.293 e. The zero-order chi connectivity index (χ0) is 22.4. The monoisotopic (exact) mass is 451 g/mol. The van der Waals surface area contributed by atoms with Crippen LogP contribution in [0.3, 0.4) is 0 Å². The molecule has 0 aliphatic carbocycles. The minimum absolute atomic E-state index is 0.0845. The van der Waals surface area contributed by atoms with E-state index in [-0.39, 0.29) is 28.9 Å². The number of nitrogens with zero attached hydrogens (tertiary/aromatic N) is 1. The molecular formula is C20H25N3O7S. The van der Waals surface area contributed by atoms with E-state index < -0.39 is 14.9 Å². The van der Waals surface area contributed by atoms with E-state index >= 15 is 0 Å². The predicted octanol–water partition coefficient (Wildman–Crippen LogP) is 2.68. The highest BCUT2D eigenvalue weighted by atomic mass is 32.2. The van der Waals surface area contributed by atoms with Crippen molar-refractivity contribution in [3.05, 3.63) is 52.1 Å². The summed E-state index contributed by atoms with van der Waals surface area (Å²) in [6.07, 6.45) is 2.09. The van der Waals surface area contributed by atoms with Crippen LogP contribution >= 0.6 is 0 Å². The van der Waals surface area contributed by atoms with Crippen LogP contribution in [-0.4, -0.2) is 46.8 Å². The summed E-state index contributed by atoms with van der Waals surface area (Å²) >= 11 is 0. The van der Waals surface area contributed by atoms with Crippen molar-refractivity contribution in [2.75, 3.05) is 32.7 Å². The van der Waals surface area contributed by atoms with Gasteiger partial charge >= 0.3 is 0 Å². The Morgan fingerprint density at radius 1 is 1.23 bits per heavy atom. The molecule has 10 nitrogen and oxygen atoms in total. The molecule has 1 aliphatic rings. The fourth-order valence-electron chi connectivity index (χ4n) is 3.19. The van der Waals surface area contributed by atoms with Crippen molar-refractivity contribution in [2.24, 2.45) is 0 Å². The Labute approximate surface area is 180 Å². The van der Waals surface area contributed by atoms with Gasteiger partial charge in [-0.05, 0) is 49.7 Å². The zero-order valence-electron chi connectivity index (χ0n) is 17.3. The molecule has 0 amide bonds. The van der Waals surface area contributed by atoms with Crippen LogP contribution in [0.4, 0.5) is 11.4 Å². The molecule has 0 saturated carbocycles. The van der Waals surface area contributed by atoms with E-state index in [4.69, 9.17) is 14.2 Å². The molecule has 0 radical (unpaired) electrons. The third-order valence-electron chi connectivity index (χ3n) is 4.90. The lowest BCUT2D eigenvalue weighted by molar-refractivity contribution is -0.384. The number of methoxy groups -OCH3 is 1. The molecule has 1 heterocycles. The van der Waals surface area contributed by atoms with E-state index in [9.17, 15) is 18.5 Å². The Morgan fingerprint density at radius 3 is 2.68 bits per heavy atom. The number of hydrogen-bond acceptors (Lipinski definition) is 8. The van der Waals surface area contributed by atoms with E-state index in [0.717, 1.165) is 31.1 Å². The SMILES string of the molecule is CNS(=O)(=O)c1ccc(NCc2ccc(OCC3CCCO3)c(OC)c2)c([N+](=O)[O-])c1. The predicted molar refractivity (Wildman–Crippen MR) is 114 cm³/mol. The first-order valence-electron chi connectivity index (χ1n) is 9.71. The summed E-state index contributed by atoms with van der Waals surface area (Å²) in [5.74, 6) is 1.14. The molecule has 11 heteroatoms. The number of sulfonamides is 1. The lowest BCUT2D eigenvalue weighted by Crippen LogP contribution is -2.18. The summed E-state index contributed by atoms with van der Waals surface area (Å²) < 4.78 is 42.8. The number of benzene rings is 2. The lowest BCUT2D eigenvalue weighted by Gasteiger charge is -2.15. The first-order valence-corrected chi connectivity index (χ1v) is 11.2. The van der Waals surface area contributed by atoms with Crippen molar-refractivity contribution in [3.8, 4) is 11.5 Å². The third kappa shape index (κ3) is 5.63. The largest absolute Gasteiger partial charge is 0.493 e. The molecule has 0 aromatic heterocycles. The van der Waals surface area contributed by atoms with Crippen molar-refractivity contribution >= 4 is 21.4 Å². The van der Waals surface area contributed by atoms with Gasteiger partial charge in [-0.1, -0.05) is 6.07 Å². The van der Waals surface area contributed by atoms with Gasteiger partial charge in [0.2, 0.25) is 10.0 Å². The highest BCUT2D eigenvalue weighted by Gasteiger charge is 2.21. The second kappa shape index (κ2) is 9.94. The molecule has 2 N–H and O–H groups in total. The molecule has 1 atom stereocenters. The summed E-state index contributed by atoms with van der Waals surface area (Å²) in [5, 5.41) is 14.4. The van der Waals surface area contributed by atoms with Gasteiger partial charge in [0.15, 0.2) is 11.5 Å². The van der Waals surface area contributed by atoms with E-state index in [1.54, 1.807) is 12.1 Å². The van der Waals surface area contributed by atoms with Crippen LogP contribution in [-0.2, 0) is 21.3 Å². The summed E-state index contributed by atoms with van der Waals surface area (Å²) in [7, 11) is -1.00. The third-order valence-corrected chi connectivity index (χ3v) is 6.32.